The second kappa shape index (κ2) is 6.41. The minimum atomic E-state index is -0.279. The largest absolute Gasteiger partial charge is 0.472 e. The summed E-state index contributed by atoms with van der Waals surface area (Å²) in [7, 11) is 1.82. The second-order valence-electron chi connectivity index (χ2n) is 4.99. The molecule has 0 radical (unpaired) electrons. The molecule has 0 aromatic carbocycles. The Bertz CT molecular complexity index is 422. The minimum absolute atomic E-state index is 0.0382. The van der Waals surface area contributed by atoms with Gasteiger partial charge in [-0.25, -0.2) is 0 Å². The number of hydrogen-bond acceptors (Lipinski definition) is 3. The Kier molecular flexibility index (Phi) is 4.60. The van der Waals surface area contributed by atoms with Gasteiger partial charge in [0.05, 0.1) is 18.4 Å². The van der Waals surface area contributed by atoms with Crippen molar-refractivity contribution >= 4 is 11.8 Å². The van der Waals surface area contributed by atoms with Gasteiger partial charge in [0, 0.05) is 13.1 Å². The van der Waals surface area contributed by atoms with Gasteiger partial charge >= 0.3 is 0 Å². The van der Waals surface area contributed by atoms with Gasteiger partial charge in [-0.3, -0.25) is 9.59 Å². The average Bonchev–Trinajstić information content (AvgIpc) is 2.98. The lowest BCUT2D eigenvalue weighted by Gasteiger charge is -2.31. The van der Waals surface area contributed by atoms with E-state index >= 15 is 0 Å². The van der Waals surface area contributed by atoms with Crippen LogP contribution in [-0.2, 0) is 4.79 Å². The number of amides is 2. The summed E-state index contributed by atoms with van der Waals surface area (Å²) in [6, 6.07) is 1.90. The molecule has 0 bridgehead atoms. The van der Waals surface area contributed by atoms with Gasteiger partial charge in [-0.2, -0.15) is 0 Å². The highest BCUT2D eigenvalue weighted by molar-refractivity contribution is 5.96. The summed E-state index contributed by atoms with van der Waals surface area (Å²) in [5.41, 5.74) is 0.438. The molecule has 1 aliphatic carbocycles. The van der Waals surface area contributed by atoms with Crippen LogP contribution in [0.25, 0.3) is 0 Å². The van der Waals surface area contributed by atoms with E-state index in [1.807, 2.05) is 7.05 Å². The van der Waals surface area contributed by atoms with E-state index in [1.165, 1.54) is 31.8 Å². The molecule has 0 aliphatic heterocycles. The zero-order chi connectivity index (χ0) is 13.7. The van der Waals surface area contributed by atoms with Crippen LogP contribution >= 0.6 is 0 Å². The Morgan fingerprint density at radius 2 is 2.11 bits per heavy atom. The SMILES string of the molecule is CN(C(=O)CNC(=O)c1ccoc1)C1CCCCC1. The van der Waals surface area contributed by atoms with Crippen molar-refractivity contribution < 1.29 is 14.0 Å². The molecule has 5 heteroatoms. The van der Waals surface area contributed by atoms with Gasteiger partial charge in [0.25, 0.3) is 5.91 Å². The highest BCUT2D eigenvalue weighted by Gasteiger charge is 2.22. The predicted molar refractivity (Wildman–Crippen MR) is 70.7 cm³/mol. The third kappa shape index (κ3) is 3.59. The van der Waals surface area contributed by atoms with Crippen molar-refractivity contribution in [2.24, 2.45) is 0 Å². The Hall–Kier alpha value is -1.78. The van der Waals surface area contributed by atoms with Crippen LogP contribution in [0.4, 0.5) is 0 Å². The van der Waals surface area contributed by atoms with E-state index in [9.17, 15) is 9.59 Å². The normalized spacial score (nSPS) is 16.1. The van der Waals surface area contributed by atoms with Crippen molar-refractivity contribution in [3.05, 3.63) is 24.2 Å². The molecule has 2 rings (SSSR count). The zero-order valence-electron chi connectivity index (χ0n) is 11.2. The van der Waals surface area contributed by atoms with Crippen molar-refractivity contribution in [2.45, 2.75) is 38.1 Å². The smallest absolute Gasteiger partial charge is 0.254 e. The molecular weight excluding hydrogens is 244 g/mol. The van der Waals surface area contributed by atoms with Crippen molar-refractivity contribution in [2.75, 3.05) is 13.6 Å². The van der Waals surface area contributed by atoms with Crippen LogP contribution in [0.1, 0.15) is 42.5 Å². The summed E-state index contributed by atoms with van der Waals surface area (Å²) < 4.78 is 4.83. The van der Waals surface area contributed by atoms with E-state index in [4.69, 9.17) is 4.42 Å². The van der Waals surface area contributed by atoms with Crippen LogP contribution in [0.15, 0.2) is 23.0 Å². The molecule has 0 saturated heterocycles. The number of likely N-dealkylation sites (N-methyl/N-ethyl adjacent to an activating group) is 1. The number of carbonyl (C=O) groups excluding carboxylic acids is 2. The molecule has 0 atom stereocenters. The predicted octanol–water partition coefficient (Wildman–Crippen LogP) is 1.80. The fourth-order valence-corrected chi connectivity index (χ4v) is 2.45. The third-order valence-corrected chi connectivity index (χ3v) is 3.70. The first kappa shape index (κ1) is 13.6. The quantitative estimate of drug-likeness (QED) is 0.902. The van der Waals surface area contributed by atoms with Gasteiger partial charge in [0.1, 0.15) is 6.26 Å². The molecule has 104 valence electrons. The number of rotatable bonds is 4. The number of carbonyl (C=O) groups is 2. The number of furan rings is 1. The monoisotopic (exact) mass is 264 g/mol. The Labute approximate surface area is 113 Å². The van der Waals surface area contributed by atoms with Crippen molar-refractivity contribution in [3.63, 3.8) is 0 Å². The van der Waals surface area contributed by atoms with Crippen LogP contribution in [0.3, 0.4) is 0 Å². The standard InChI is InChI=1S/C14H20N2O3/c1-16(12-5-3-2-4-6-12)13(17)9-15-14(18)11-7-8-19-10-11/h7-8,10,12H,2-6,9H2,1H3,(H,15,18). The first-order chi connectivity index (χ1) is 9.18. The first-order valence-corrected chi connectivity index (χ1v) is 6.74. The number of nitrogens with one attached hydrogen (secondary N) is 1. The van der Waals surface area contributed by atoms with Crippen LogP contribution in [0, 0.1) is 0 Å². The van der Waals surface area contributed by atoms with E-state index in [0.29, 0.717) is 11.6 Å². The summed E-state index contributed by atoms with van der Waals surface area (Å²) in [5, 5.41) is 2.61. The summed E-state index contributed by atoms with van der Waals surface area (Å²) in [5.74, 6) is -0.317. The van der Waals surface area contributed by atoms with E-state index in [-0.39, 0.29) is 18.4 Å². The zero-order valence-corrected chi connectivity index (χ0v) is 11.2. The van der Waals surface area contributed by atoms with Gasteiger partial charge in [-0.05, 0) is 18.9 Å². The molecule has 2 amide bonds. The van der Waals surface area contributed by atoms with Gasteiger partial charge in [-0.15, -0.1) is 0 Å². The third-order valence-electron chi connectivity index (χ3n) is 3.70. The summed E-state index contributed by atoms with van der Waals surface area (Å²) in [6.45, 7) is 0.0387. The molecule has 19 heavy (non-hydrogen) atoms. The Balaban J connectivity index is 1.78. The summed E-state index contributed by atoms with van der Waals surface area (Å²) in [6.07, 6.45) is 8.56. The molecule has 1 N–H and O–H groups in total. The average molecular weight is 264 g/mol. The van der Waals surface area contributed by atoms with E-state index in [1.54, 1.807) is 11.0 Å². The molecule has 1 fully saturated rings. The van der Waals surface area contributed by atoms with Crippen LogP contribution in [0.2, 0.25) is 0 Å². The van der Waals surface area contributed by atoms with Gasteiger partial charge in [-0.1, -0.05) is 19.3 Å². The Morgan fingerprint density at radius 1 is 1.37 bits per heavy atom. The summed E-state index contributed by atoms with van der Waals surface area (Å²) >= 11 is 0. The fourth-order valence-electron chi connectivity index (χ4n) is 2.45. The topological polar surface area (TPSA) is 62.6 Å². The lowest BCUT2D eigenvalue weighted by Crippen LogP contribution is -2.44. The Morgan fingerprint density at radius 3 is 2.74 bits per heavy atom. The lowest BCUT2D eigenvalue weighted by atomic mass is 9.94. The molecule has 1 saturated carbocycles. The maximum atomic E-state index is 12.0. The maximum Gasteiger partial charge on any atom is 0.254 e. The molecule has 1 aromatic rings. The fraction of sp³-hybridized carbons (Fsp3) is 0.571. The number of hydrogen-bond donors (Lipinski definition) is 1. The van der Waals surface area contributed by atoms with E-state index in [0.717, 1.165) is 12.8 Å². The van der Waals surface area contributed by atoms with Gasteiger partial charge in [0.2, 0.25) is 5.91 Å². The van der Waals surface area contributed by atoms with Crippen LogP contribution in [0.5, 0.6) is 0 Å². The highest BCUT2D eigenvalue weighted by Crippen LogP contribution is 2.21. The summed E-state index contributed by atoms with van der Waals surface area (Å²) in [4.78, 5) is 25.4. The molecule has 1 aliphatic rings. The van der Waals surface area contributed by atoms with Crippen molar-refractivity contribution in [1.29, 1.82) is 0 Å². The molecule has 1 aromatic heterocycles. The molecule has 0 spiro atoms. The van der Waals surface area contributed by atoms with E-state index in [2.05, 4.69) is 5.32 Å². The van der Waals surface area contributed by atoms with Crippen molar-refractivity contribution in [3.8, 4) is 0 Å². The molecule has 0 unspecified atom stereocenters. The first-order valence-electron chi connectivity index (χ1n) is 6.74. The molecule has 1 heterocycles. The van der Waals surface area contributed by atoms with Crippen molar-refractivity contribution in [1.82, 2.24) is 10.2 Å². The lowest BCUT2D eigenvalue weighted by molar-refractivity contribution is -0.131. The minimum Gasteiger partial charge on any atom is -0.472 e. The maximum absolute atomic E-state index is 12.0. The van der Waals surface area contributed by atoms with Crippen LogP contribution in [-0.4, -0.2) is 36.3 Å². The van der Waals surface area contributed by atoms with E-state index < -0.39 is 0 Å². The number of nitrogens with zero attached hydrogens (tertiary/aromatic N) is 1. The second-order valence-corrected chi connectivity index (χ2v) is 4.99. The van der Waals surface area contributed by atoms with Gasteiger partial charge in [0.15, 0.2) is 0 Å². The van der Waals surface area contributed by atoms with Gasteiger partial charge < -0.3 is 14.6 Å². The molecular formula is C14H20N2O3. The highest BCUT2D eigenvalue weighted by atomic mass is 16.3. The van der Waals surface area contributed by atoms with Crippen LogP contribution < -0.4 is 5.32 Å². The molecule has 5 nitrogen and oxygen atoms in total.